The van der Waals surface area contributed by atoms with Crippen molar-refractivity contribution in [2.24, 2.45) is 5.73 Å². The van der Waals surface area contributed by atoms with Crippen LogP contribution in [0.15, 0.2) is 24.3 Å². The molecule has 4 nitrogen and oxygen atoms in total. The van der Waals surface area contributed by atoms with Crippen molar-refractivity contribution < 1.29 is 9.90 Å². The first kappa shape index (κ1) is 15.7. The Bertz CT molecular complexity index is 388. The SMILES string of the molecule is CC(C)N(CCCO)C(=O)Cc1ccc(CN)cc1. The van der Waals surface area contributed by atoms with Crippen molar-refractivity contribution in [3.63, 3.8) is 0 Å². The number of hydrogen-bond acceptors (Lipinski definition) is 3. The van der Waals surface area contributed by atoms with Crippen LogP contribution in [0.3, 0.4) is 0 Å². The molecule has 106 valence electrons. The quantitative estimate of drug-likeness (QED) is 0.780. The van der Waals surface area contributed by atoms with Crippen LogP contribution in [-0.2, 0) is 17.8 Å². The van der Waals surface area contributed by atoms with E-state index >= 15 is 0 Å². The molecule has 0 heterocycles. The first-order chi connectivity index (χ1) is 9.08. The fourth-order valence-corrected chi connectivity index (χ4v) is 1.98. The van der Waals surface area contributed by atoms with Crippen molar-refractivity contribution in [1.82, 2.24) is 4.90 Å². The van der Waals surface area contributed by atoms with E-state index in [0.717, 1.165) is 11.1 Å². The average Bonchev–Trinajstić information content (AvgIpc) is 2.39. The van der Waals surface area contributed by atoms with Crippen LogP contribution in [-0.4, -0.2) is 35.1 Å². The predicted molar refractivity (Wildman–Crippen MR) is 76.6 cm³/mol. The maximum atomic E-state index is 12.2. The first-order valence-electron chi connectivity index (χ1n) is 6.76. The van der Waals surface area contributed by atoms with Gasteiger partial charge in [0, 0.05) is 25.7 Å². The molecule has 0 aromatic heterocycles. The zero-order valence-electron chi connectivity index (χ0n) is 11.8. The number of aliphatic hydroxyl groups excluding tert-OH is 1. The molecule has 0 saturated carbocycles. The van der Waals surface area contributed by atoms with Crippen molar-refractivity contribution in [1.29, 1.82) is 0 Å². The van der Waals surface area contributed by atoms with Gasteiger partial charge in [-0.3, -0.25) is 4.79 Å². The maximum absolute atomic E-state index is 12.2. The molecule has 4 heteroatoms. The van der Waals surface area contributed by atoms with Gasteiger partial charge in [0.15, 0.2) is 0 Å². The summed E-state index contributed by atoms with van der Waals surface area (Å²) in [6.45, 7) is 5.22. The summed E-state index contributed by atoms with van der Waals surface area (Å²) in [5, 5.41) is 8.88. The van der Waals surface area contributed by atoms with E-state index in [9.17, 15) is 4.79 Å². The summed E-state index contributed by atoms with van der Waals surface area (Å²) in [5.41, 5.74) is 7.61. The largest absolute Gasteiger partial charge is 0.396 e. The van der Waals surface area contributed by atoms with E-state index in [4.69, 9.17) is 10.8 Å². The van der Waals surface area contributed by atoms with Gasteiger partial charge < -0.3 is 15.7 Å². The number of nitrogens with zero attached hydrogens (tertiary/aromatic N) is 1. The van der Waals surface area contributed by atoms with Crippen molar-refractivity contribution >= 4 is 5.91 Å². The Morgan fingerprint density at radius 1 is 1.26 bits per heavy atom. The Kier molecular flexibility index (Phi) is 6.53. The van der Waals surface area contributed by atoms with Crippen LogP contribution in [0.25, 0.3) is 0 Å². The van der Waals surface area contributed by atoms with Gasteiger partial charge in [0.05, 0.1) is 6.42 Å². The van der Waals surface area contributed by atoms with Crippen molar-refractivity contribution in [3.05, 3.63) is 35.4 Å². The minimum atomic E-state index is 0.101. The molecule has 1 amide bonds. The van der Waals surface area contributed by atoms with Crippen LogP contribution in [0.5, 0.6) is 0 Å². The summed E-state index contributed by atoms with van der Waals surface area (Å²) in [7, 11) is 0. The summed E-state index contributed by atoms with van der Waals surface area (Å²) in [5.74, 6) is 0.101. The van der Waals surface area contributed by atoms with E-state index in [1.54, 1.807) is 0 Å². The van der Waals surface area contributed by atoms with E-state index in [1.165, 1.54) is 0 Å². The summed E-state index contributed by atoms with van der Waals surface area (Å²) in [4.78, 5) is 14.0. The van der Waals surface area contributed by atoms with Crippen molar-refractivity contribution in [3.8, 4) is 0 Å². The molecule has 0 atom stereocenters. The first-order valence-corrected chi connectivity index (χ1v) is 6.76. The lowest BCUT2D eigenvalue weighted by atomic mass is 10.1. The minimum Gasteiger partial charge on any atom is -0.396 e. The lowest BCUT2D eigenvalue weighted by Crippen LogP contribution is -2.39. The molecule has 1 aromatic rings. The average molecular weight is 264 g/mol. The highest BCUT2D eigenvalue weighted by Gasteiger charge is 2.16. The summed E-state index contributed by atoms with van der Waals surface area (Å²) >= 11 is 0. The third-order valence-electron chi connectivity index (χ3n) is 3.11. The fourth-order valence-electron chi connectivity index (χ4n) is 1.98. The standard InChI is InChI=1S/C15H24N2O2/c1-12(2)17(8-3-9-18)15(19)10-13-4-6-14(11-16)7-5-13/h4-7,12,18H,3,8-11,16H2,1-2H3. The van der Waals surface area contributed by atoms with E-state index in [0.29, 0.717) is 25.9 Å². The minimum absolute atomic E-state index is 0.101. The van der Waals surface area contributed by atoms with Gasteiger partial charge in [-0.25, -0.2) is 0 Å². The third kappa shape index (κ3) is 5.01. The van der Waals surface area contributed by atoms with Crippen LogP contribution >= 0.6 is 0 Å². The molecule has 0 fully saturated rings. The highest BCUT2D eigenvalue weighted by atomic mass is 16.3. The molecule has 0 radical (unpaired) electrons. The number of aliphatic hydroxyl groups is 1. The summed E-state index contributed by atoms with van der Waals surface area (Å²) in [6, 6.07) is 7.96. The lowest BCUT2D eigenvalue weighted by molar-refractivity contribution is -0.132. The Hall–Kier alpha value is -1.39. The van der Waals surface area contributed by atoms with Gasteiger partial charge in [0.1, 0.15) is 0 Å². The molecule has 0 aliphatic heterocycles. The molecule has 0 saturated heterocycles. The molecule has 0 spiro atoms. The lowest BCUT2D eigenvalue weighted by Gasteiger charge is -2.26. The molecule has 1 aromatic carbocycles. The van der Waals surface area contributed by atoms with Crippen LogP contribution in [0, 0.1) is 0 Å². The van der Waals surface area contributed by atoms with E-state index < -0.39 is 0 Å². The molecule has 19 heavy (non-hydrogen) atoms. The zero-order chi connectivity index (χ0) is 14.3. The van der Waals surface area contributed by atoms with Crippen molar-refractivity contribution in [2.45, 2.75) is 39.3 Å². The van der Waals surface area contributed by atoms with E-state index in [2.05, 4.69) is 0 Å². The third-order valence-corrected chi connectivity index (χ3v) is 3.11. The normalized spacial score (nSPS) is 10.8. The Morgan fingerprint density at radius 3 is 2.32 bits per heavy atom. The molecule has 3 N–H and O–H groups in total. The molecule has 1 rings (SSSR count). The van der Waals surface area contributed by atoms with E-state index in [-0.39, 0.29) is 18.6 Å². The molecule has 0 aliphatic carbocycles. The predicted octanol–water partition coefficient (Wildman–Crippen LogP) is 1.31. The number of carbonyl (C=O) groups is 1. The van der Waals surface area contributed by atoms with Crippen molar-refractivity contribution in [2.75, 3.05) is 13.2 Å². The molecule has 0 unspecified atom stereocenters. The number of carbonyl (C=O) groups excluding carboxylic acids is 1. The van der Waals surface area contributed by atoms with Gasteiger partial charge >= 0.3 is 0 Å². The zero-order valence-corrected chi connectivity index (χ0v) is 11.8. The number of amides is 1. The van der Waals surface area contributed by atoms with Gasteiger partial charge in [0.2, 0.25) is 5.91 Å². The molecule has 0 bridgehead atoms. The van der Waals surface area contributed by atoms with Crippen LogP contribution in [0.2, 0.25) is 0 Å². The van der Waals surface area contributed by atoms with Crippen LogP contribution in [0.4, 0.5) is 0 Å². The molecule has 0 aliphatic rings. The van der Waals surface area contributed by atoms with Crippen LogP contribution < -0.4 is 5.73 Å². The highest BCUT2D eigenvalue weighted by Crippen LogP contribution is 2.09. The van der Waals surface area contributed by atoms with Gasteiger partial charge in [-0.05, 0) is 31.4 Å². The van der Waals surface area contributed by atoms with Gasteiger partial charge in [-0.1, -0.05) is 24.3 Å². The Labute approximate surface area is 115 Å². The number of nitrogens with two attached hydrogens (primary N) is 1. The number of hydrogen-bond donors (Lipinski definition) is 2. The van der Waals surface area contributed by atoms with E-state index in [1.807, 2.05) is 43.0 Å². The number of benzene rings is 1. The topological polar surface area (TPSA) is 66.6 Å². The second-order valence-electron chi connectivity index (χ2n) is 4.96. The van der Waals surface area contributed by atoms with Gasteiger partial charge in [0.25, 0.3) is 0 Å². The fraction of sp³-hybridized carbons (Fsp3) is 0.533. The highest BCUT2D eigenvalue weighted by molar-refractivity contribution is 5.79. The maximum Gasteiger partial charge on any atom is 0.227 e. The smallest absolute Gasteiger partial charge is 0.227 e. The second-order valence-corrected chi connectivity index (χ2v) is 4.96. The monoisotopic (exact) mass is 264 g/mol. The van der Waals surface area contributed by atoms with Gasteiger partial charge in [-0.2, -0.15) is 0 Å². The summed E-state index contributed by atoms with van der Waals surface area (Å²) in [6.07, 6.45) is 1.02. The van der Waals surface area contributed by atoms with Crippen LogP contribution in [0.1, 0.15) is 31.4 Å². The Balaban J connectivity index is 2.64. The summed E-state index contributed by atoms with van der Waals surface area (Å²) < 4.78 is 0. The Morgan fingerprint density at radius 2 is 1.84 bits per heavy atom. The second kappa shape index (κ2) is 7.92. The van der Waals surface area contributed by atoms with Gasteiger partial charge in [-0.15, -0.1) is 0 Å². The molecular weight excluding hydrogens is 240 g/mol. The number of rotatable bonds is 7. The molecular formula is C15H24N2O2.